The number of aliphatic imine (C=N–C) groups is 1. The minimum absolute atomic E-state index is 0. The molecule has 2 N–H and O–H groups in total. The van der Waals surface area contributed by atoms with Crippen molar-refractivity contribution in [1.82, 2.24) is 30.6 Å². The van der Waals surface area contributed by atoms with Crippen molar-refractivity contribution in [3.8, 4) is 0 Å². The first-order chi connectivity index (χ1) is 13.1. The van der Waals surface area contributed by atoms with Gasteiger partial charge in [-0.1, -0.05) is 5.16 Å². The molecule has 9 nitrogen and oxygen atoms in total. The van der Waals surface area contributed by atoms with Crippen LogP contribution in [0.1, 0.15) is 41.5 Å². The third kappa shape index (κ3) is 5.66. The second-order valence-corrected chi connectivity index (χ2v) is 6.84. The standard InChI is InChI=1S/C18H29N7O2.HI/c1-12-15(13(2)27-24-12)6-5-9-20-18(19-3)21-14-7-8-17-22-16(11-26-4)23-25(17)10-14;/h14H,5-11H2,1-4H3,(H2,19,20,21);1H. The Hall–Kier alpha value is -1.69. The molecule has 0 aliphatic carbocycles. The molecule has 1 aliphatic rings. The summed E-state index contributed by atoms with van der Waals surface area (Å²) in [4.78, 5) is 8.85. The van der Waals surface area contributed by atoms with Gasteiger partial charge < -0.3 is 19.9 Å². The van der Waals surface area contributed by atoms with E-state index in [-0.39, 0.29) is 30.0 Å². The second-order valence-electron chi connectivity index (χ2n) is 6.84. The van der Waals surface area contributed by atoms with Crippen molar-refractivity contribution < 1.29 is 9.26 Å². The van der Waals surface area contributed by atoms with Gasteiger partial charge in [0.15, 0.2) is 11.8 Å². The number of guanidine groups is 1. The molecule has 0 bridgehead atoms. The van der Waals surface area contributed by atoms with Gasteiger partial charge in [0.2, 0.25) is 0 Å². The Kier molecular flexibility index (Phi) is 8.67. The van der Waals surface area contributed by atoms with Gasteiger partial charge in [-0.3, -0.25) is 4.99 Å². The van der Waals surface area contributed by atoms with E-state index >= 15 is 0 Å². The van der Waals surface area contributed by atoms with E-state index in [0.717, 1.165) is 67.8 Å². The molecule has 0 spiro atoms. The van der Waals surface area contributed by atoms with E-state index in [1.165, 1.54) is 5.56 Å². The van der Waals surface area contributed by atoms with Gasteiger partial charge in [-0.05, 0) is 33.1 Å². The molecule has 28 heavy (non-hydrogen) atoms. The summed E-state index contributed by atoms with van der Waals surface area (Å²) in [7, 11) is 3.45. The highest BCUT2D eigenvalue weighted by atomic mass is 127. The third-order valence-electron chi connectivity index (χ3n) is 4.82. The first-order valence-corrected chi connectivity index (χ1v) is 9.41. The third-order valence-corrected chi connectivity index (χ3v) is 4.82. The number of aryl methyl sites for hydroxylation is 3. The number of methoxy groups -OCH3 is 1. The predicted octanol–water partition coefficient (Wildman–Crippen LogP) is 1.76. The fraction of sp³-hybridized carbons (Fsp3) is 0.667. The molecular formula is C18H30IN7O2. The lowest BCUT2D eigenvalue weighted by Crippen LogP contribution is -2.47. The van der Waals surface area contributed by atoms with E-state index in [0.29, 0.717) is 6.61 Å². The molecule has 1 unspecified atom stereocenters. The van der Waals surface area contributed by atoms with Crippen molar-refractivity contribution in [2.75, 3.05) is 20.7 Å². The Bertz CT molecular complexity index is 767. The summed E-state index contributed by atoms with van der Waals surface area (Å²) < 4.78 is 12.3. The molecule has 0 fully saturated rings. The predicted molar refractivity (Wildman–Crippen MR) is 117 cm³/mol. The highest BCUT2D eigenvalue weighted by Crippen LogP contribution is 2.14. The summed E-state index contributed by atoms with van der Waals surface area (Å²) in [6.07, 6.45) is 3.84. The summed E-state index contributed by atoms with van der Waals surface area (Å²) in [5.41, 5.74) is 2.19. The number of nitrogens with zero attached hydrogens (tertiary/aromatic N) is 5. The second kappa shape index (κ2) is 10.7. The van der Waals surface area contributed by atoms with E-state index in [1.807, 2.05) is 18.5 Å². The quantitative estimate of drug-likeness (QED) is 0.257. The van der Waals surface area contributed by atoms with Crippen LogP contribution in [-0.4, -0.2) is 52.6 Å². The topological polar surface area (TPSA) is 102 Å². The fourth-order valence-electron chi connectivity index (χ4n) is 3.39. The van der Waals surface area contributed by atoms with Gasteiger partial charge in [0, 0.05) is 38.7 Å². The number of halogens is 1. The summed E-state index contributed by atoms with van der Waals surface area (Å²) >= 11 is 0. The molecule has 0 aromatic carbocycles. The zero-order valence-electron chi connectivity index (χ0n) is 17.0. The molecule has 0 radical (unpaired) electrons. The van der Waals surface area contributed by atoms with Crippen molar-refractivity contribution in [2.45, 2.75) is 58.7 Å². The van der Waals surface area contributed by atoms with Crippen LogP contribution in [-0.2, 0) is 30.7 Å². The number of ether oxygens (including phenoxy) is 1. The minimum Gasteiger partial charge on any atom is -0.377 e. The summed E-state index contributed by atoms with van der Waals surface area (Å²) in [5, 5.41) is 15.4. The summed E-state index contributed by atoms with van der Waals surface area (Å²) in [6, 6.07) is 0.281. The molecule has 156 valence electrons. The van der Waals surface area contributed by atoms with Crippen LogP contribution in [0.25, 0.3) is 0 Å². The van der Waals surface area contributed by atoms with Crippen LogP contribution < -0.4 is 10.6 Å². The molecule has 3 rings (SSSR count). The largest absolute Gasteiger partial charge is 0.377 e. The average Bonchev–Trinajstić information content (AvgIpc) is 3.20. The number of fused-ring (bicyclic) bond motifs is 1. The molecular weight excluding hydrogens is 473 g/mol. The Morgan fingerprint density at radius 2 is 2.21 bits per heavy atom. The molecule has 0 amide bonds. The number of hydrogen-bond donors (Lipinski definition) is 2. The Labute approximate surface area is 182 Å². The molecule has 2 aromatic rings. The molecule has 0 saturated heterocycles. The first-order valence-electron chi connectivity index (χ1n) is 9.41. The number of nitrogens with one attached hydrogen (secondary N) is 2. The van der Waals surface area contributed by atoms with Crippen LogP contribution in [0.4, 0.5) is 0 Å². The Balaban J connectivity index is 0.00000280. The Morgan fingerprint density at radius 3 is 2.89 bits per heavy atom. The van der Waals surface area contributed by atoms with Crippen LogP contribution in [0.5, 0.6) is 0 Å². The molecule has 3 heterocycles. The van der Waals surface area contributed by atoms with Gasteiger partial charge in [0.25, 0.3) is 0 Å². The van der Waals surface area contributed by atoms with Crippen molar-refractivity contribution >= 4 is 29.9 Å². The molecule has 1 atom stereocenters. The van der Waals surface area contributed by atoms with Gasteiger partial charge in [0.1, 0.15) is 18.2 Å². The highest BCUT2D eigenvalue weighted by Gasteiger charge is 2.22. The van der Waals surface area contributed by atoms with Gasteiger partial charge in [-0.25, -0.2) is 9.67 Å². The normalized spacial score (nSPS) is 16.4. The van der Waals surface area contributed by atoms with Gasteiger partial charge in [-0.15, -0.1) is 24.0 Å². The number of rotatable bonds is 7. The maximum Gasteiger partial charge on any atom is 0.191 e. The average molecular weight is 503 g/mol. The van der Waals surface area contributed by atoms with Gasteiger partial charge in [-0.2, -0.15) is 5.10 Å². The highest BCUT2D eigenvalue weighted by molar-refractivity contribution is 14.0. The maximum atomic E-state index is 5.21. The zero-order chi connectivity index (χ0) is 19.2. The van der Waals surface area contributed by atoms with Crippen LogP contribution in [0, 0.1) is 13.8 Å². The van der Waals surface area contributed by atoms with Crippen LogP contribution >= 0.6 is 24.0 Å². The monoisotopic (exact) mass is 503 g/mol. The fourth-order valence-corrected chi connectivity index (χ4v) is 3.39. The molecule has 10 heteroatoms. The maximum absolute atomic E-state index is 5.21. The van der Waals surface area contributed by atoms with Crippen molar-refractivity contribution in [1.29, 1.82) is 0 Å². The van der Waals surface area contributed by atoms with Gasteiger partial charge >= 0.3 is 0 Å². The smallest absolute Gasteiger partial charge is 0.191 e. The van der Waals surface area contributed by atoms with Gasteiger partial charge in [0.05, 0.1) is 12.2 Å². The van der Waals surface area contributed by atoms with Crippen molar-refractivity contribution in [3.05, 3.63) is 28.7 Å². The van der Waals surface area contributed by atoms with E-state index < -0.39 is 0 Å². The first kappa shape index (κ1) is 22.6. The lowest BCUT2D eigenvalue weighted by molar-refractivity contribution is 0.177. The summed E-state index contributed by atoms with van der Waals surface area (Å²) in [6.45, 7) is 6.02. The SMILES string of the molecule is CN=C(NCCCc1c(C)noc1C)NC1CCc2nc(COC)nn2C1.I. The van der Waals surface area contributed by atoms with Crippen molar-refractivity contribution in [2.24, 2.45) is 4.99 Å². The Morgan fingerprint density at radius 1 is 1.39 bits per heavy atom. The van der Waals surface area contributed by atoms with E-state index in [2.05, 4.69) is 30.9 Å². The number of aromatic nitrogens is 4. The molecule has 1 aliphatic heterocycles. The van der Waals surface area contributed by atoms with E-state index in [4.69, 9.17) is 9.26 Å². The van der Waals surface area contributed by atoms with Crippen molar-refractivity contribution in [3.63, 3.8) is 0 Å². The lowest BCUT2D eigenvalue weighted by atomic mass is 10.1. The summed E-state index contributed by atoms with van der Waals surface area (Å²) in [5.74, 6) is 3.51. The van der Waals surface area contributed by atoms with Crippen LogP contribution in [0.3, 0.4) is 0 Å². The van der Waals surface area contributed by atoms with Crippen LogP contribution in [0.15, 0.2) is 9.52 Å². The van der Waals surface area contributed by atoms with Crippen LogP contribution in [0.2, 0.25) is 0 Å². The molecule has 2 aromatic heterocycles. The zero-order valence-corrected chi connectivity index (χ0v) is 19.3. The van der Waals surface area contributed by atoms with E-state index in [1.54, 1.807) is 14.2 Å². The molecule has 0 saturated carbocycles. The number of hydrogen-bond acceptors (Lipinski definition) is 6. The lowest BCUT2D eigenvalue weighted by Gasteiger charge is -2.25. The van der Waals surface area contributed by atoms with E-state index in [9.17, 15) is 0 Å². The minimum atomic E-state index is 0.